The number of hydrogen-bond acceptors (Lipinski definition) is 3. The Kier molecular flexibility index (Phi) is 3.82. The van der Waals surface area contributed by atoms with Gasteiger partial charge in [-0.1, -0.05) is 23.7 Å². The summed E-state index contributed by atoms with van der Waals surface area (Å²) in [6.07, 6.45) is 0.743. The fourth-order valence-corrected chi connectivity index (χ4v) is 2.33. The van der Waals surface area contributed by atoms with Crippen molar-refractivity contribution in [2.24, 2.45) is 0 Å². The summed E-state index contributed by atoms with van der Waals surface area (Å²) >= 11 is 5.97. The molecule has 3 rings (SSSR count). The molecule has 0 spiro atoms. The highest BCUT2D eigenvalue weighted by Gasteiger charge is 2.10. The van der Waals surface area contributed by atoms with E-state index in [0.717, 1.165) is 16.6 Å². The molecule has 0 radical (unpaired) electrons. The van der Waals surface area contributed by atoms with Gasteiger partial charge in [-0.15, -0.1) is 0 Å². The van der Waals surface area contributed by atoms with E-state index in [2.05, 4.69) is 4.98 Å². The topological polar surface area (TPSA) is 47.3 Å². The number of rotatable bonds is 4. The number of fused-ring (bicyclic) bond motifs is 1. The number of para-hydroxylation sites is 2. The van der Waals surface area contributed by atoms with E-state index >= 15 is 0 Å². The monoisotopic (exact) mass is 302 g/mol. The largest absolute Gasteiger partial charge is 0.463 e. The smallest absolute Gasteiger partial charge is 0.215 e. The standard InChI is InChI=1S/C16H15ClN2O2/c1-11-8-12(6-7-13(11)17)21-16(20)9-19-10-18-14-4-2-3-5-15(14)19/h2-8,10,16,20H,9H2,1H3/t16-/m1/s1. The first-order valence-corrected chi connectivity index (χ1v) is 7.02. The highest BCUT2D eigenvalue weighted by Crippen LogP contribution is 2.22. The fourth-order valence-electron chi connectivity index (χ4n) is 2.21. The summed E-state index contributed by atoms with van der Waals surface area (Å²) in [5.74, 6) is 0.592. The Bertz CT molecular complexity index is 770. The Morgan fingerprint density at radius 1 is 1.29 bits per heavy atom. The Morgan fingerprint density at radius 3 is 2.90 bits per heavy atom. The van der Waals surface area contributed by atoms with E-state index in [-0.39, 0.29) is 0 Å². The number of imidazole rings is 1. The van der Waals surface area contributed by atoms with Crippen LogP contribution in [0.25, 0.3) is 11.0 Å². The molecule has 4 nitrogen and oxygen atoms in total. The first kappa shape index (κ1) is 13.9. The molecule has 1 heterocycles. The van der Waals surface area contributed by atoms with E-state index < -0.39 is 6.29 Å². The summed E-state index contributed by atoms with van der Waals surface area (Å²) < 4.78 is 7.38. The third-order valence-corrected chi connectivity index (χ3v) is 3.71. The lowest BCUT2D eigenvalue weighted by molar-refractivity contribution is -0.0286. The molecule has 0 unspecified atom stereocenters. The number of aryl methyl sites for hydroxylation is 1. The predicted molar refractivity (Wildman–Crippen MR) is 82.6 cm³/mol. The molecule has 108 valence electrons. The van der Waals surface area contributed by atoms with Crippen molar-refractivity contribution in [2.45, 2.75) is 19.8 Å². The quantitative estimate of drug-likeness (QED) is 0.751. The van der Waals surface area contributed by atoms with E-state index in [1.165, 1.54) is 0 Å². The zero-order valence-electron chi connectivity index (χ0n) is 11.5. The van der Waals surface area contributed by atoms with Crippen LogP contribution in [-0.4, -0.2) is 20.9 Å². The van der Waals surface area contributed by atoms with Crippen LogP contribution in [0.15, 0.2) is 48.8 Å². The maximum Gasteiger partial charge on any atom is 0.215 e. The molecule has 0 amide bonds. The second-order valence-electron chi connectivity index (χ2n) is 4.87. The lowest BCUT2D eigenvalue weighted by atomic mass is 10.2. The fraction of sp³-hybridized carbons (Fsp3) is 0.188. The van der Waals surface area contributed by atoms with E-state index in [1.807, 2.05) is 35.8 Å². The summed E-state index contributed by atoms with van der Waals surface area (Å²) in [6.45, 7) is 2.20. The predicted octanol–water partition coefficient (Wildman–Crippen LogP) is 3.40. The van der Waals surface area contributed by atoms with Crippen molar-refractivity contribution in [3.05, 3.63) is 59.4 Å². The normalized spacial score (nSPS) is 12.5. The second kappa shape index (κ2) is 5.76. The zero-order chi connectivity index (χ0) is 14.8. The van der Waals surface area contributed by atoms with Gasteiger partial charge in [-0.3, -0.25) is 0 Å². The third kappa shape index (κ3) is 3.01. The van der Waals surface area contributed by atoms with Crippen molar-refractivity contribution in [1.82, 2.24) is 9.55 Å². The SMILES string of the molecule is Cc1cc(O[C@@H](O)Cn2cnc3ccccc32)ccc1Cl. The molecule has 5 heteroatoms. The van der Waals surface area contributed by atoms with Crippen LogP contribution in [0, 0.1) is 6.92 Å². The Morgan fingerprint density at radius 2 is 2.10 bits per heavy atom. The summed E-state index contributed by atoms with van der Waals surface area (Å²) in [4.78, 5) is 4.28. The van der Waals surface area contributed by atoms with Gasteiger partial charge in [0.2, 0.25) is 6.29 Å². The number of halogens is 1. The van der Waals surface area contributed by atoms with E-state index in [0.29, 0.717) is 17.3 Å². The molecule has 2 aromatic carbocycles. The van der Waals surface area contributed by atoms with Crippen LogP contribution in [0.1, 0.15) is 5.56 Å². The summed E-state index contributed by atoms with van der Waals surface area (Å²) in [6, 6.07) is 13.1. The van der Waals surface area contributed by atoms with Crippen LogP contribution in [0.3, 0.4) is 0 Å². The highest BCUT2D eigenvalue weighted by atomic mass is 35.5. The number of aromatic nitrogens is 2. The Labute approximate surface area is 127 Å². The molecule has 1 atom stereocenters. The summed E-state index contributed by atoms with van der Waals surface area (Å²) in [5, 5.41) is 10.8. The average Bonchev–Trinajstić information content (AvgIpc) is 2.86. The number of nitrogens with zero attached hydrogens (tertiary/aromatic N) is 2. The van der Waals surface area contributed by atoms with Gasteiger partial charge >= 0.3 is 0 Å². The van der Waals surface area contributed by atoms with Crippen LogP contribution in [-0.2, 0) is 6.54 Å². The lowest BCUT2D eigenvalue weighted by Crippen LogP contribution is -2.22. The molecular weight excluding hydrogens is 288 g/mol. The van der Waals surface area contributed by atoms with Crippen molar-refractivity contribution < 1.29 is 9.84 Å². The van der Waals surface area contributed by atoms with Crippen LogP contribution in [0.5, 0.6) is 5.75 Å². The molecule has 0 aliphatic carbocycles. The minimum atomic E-state index is -0.955. The van der Waals surface area contributed by atoms with Gasteiger partial charge < -0.3 is 14.4 Å². The van der Waals surface area contributed by atoms with E-state index in [1.54, 1.807) is 24.5 Å². The van der Waals surface area contributed by atoms with Crippen molar-refractivity contribution in [1.29, 1.82) is 0 Å². The maximum atomic E-state index is 10.1. The molecule has 0 aliphatic rings. The third-order valence-electron chi connectivity index (χ3n) is 3.28. The van der Waals surface area contributed by atoms with E-state index in [9.17, 15) is 5.11 Å². The molecule has 3 aromatic rings. The number of ether oxygens (including phenoxy) is 1. The van der Waals surface area contributed by atoms with Crippen LogP contribution in [0.2, 0.25) is 5.02 Å². The van der Waals surface area contributed by atoms with E-state index in [4.69, 9.17) is 16.3 Å². The maximum absolute atomic E-state index is 10.1. The Hall–Kier alpha value is -2.04. The van der Waals surface area contributed by atoms with Gasteiger partial charge in [0.05, 0.1) is 23.9 Å². The molecule has 0 fully saturated rings. The summed E-state index contributed by atoms with van der Waals surface area (Å²) in [5.41, 5.74) is 2.77. The van der Waals surface area contributed by atoms with Gasteiger partial charge in [0.1, 0.15) is 5.75 Å². The molecular formula is C16H15ClN2O2. The first-order valence-electron chi connectivity index (χ1n) is 6.64. The van der Waals surface area contributed by atoms with Crippen molar-refractivity contribution in [3.63, 3.8) is 0 Å². The first-order chi connectivity index (χ1) is 10.1. The van der Waals surface area contributed by atoms with Crippen LogP contribution in [0.4, 0.5) is 0 Å². The number of aliphatic hydroxyl groups is 1. The van der Waals surface area contributed by atoms with Gasteiger partial charge in [0, 0.05) is 5.02 Å². The molecule has 1 N–H and O–H groups in total. The lowest BCUT2D eigenvalue weighted by Gasteiger charge is -2.15. The van der Waals surface area contributed by atoms with Gasteiger partial charge in [0.25, 0.3) is 0 Å². The molecule has 0 bridgehead atoms. The molecule has 21 heavy (non-hydrogen) atoms. The second-order valence-corrected chi connectivity index (χ2v) is 5.28. The van der Waals surface area contributed by atoms with Gasteiger partial charge in [-0.05, 0) is 42.8 Å². The number of aliphatic hydroxyl groups excluding tert-OH is 1. The number of hydrogen-bond donors (Lipinski definition) is 1. The minimum Gasteiger partial charge on any atom is -0.463 e. The van der Waals surface area contributed by atoms with Crippen molar-refractivity contribution in [3.8, 4) is 5.75 Å². The van der Waals surface area contributed by atoms with Gasteiger partial charge in [-0.25, -0.2) is 4.98 Å². The average molecular weight is 303 g/mol. The number of benzene rings is 2. The summed E-state index contributed by atoms with van der Waals surface area (Å²) in [7, 11) is 0. The van der Waals surface area contributed by atoms with Gasteiger partial charge in [-0.2, -0.15) is 0 Å². The zero-order valence-corrected chi connectivity index (χ0v) is 12.3. The van der Waals surface area contributed by atoms with Crippen molar-refractivity contribution >= 4 is 22.6 Å². The van der Waals surface area contributed by atoms with Gasteiger partial charge in [0.15, 0.2) is 0 Å². The van der Waals surface area contributed by atoms with Crippen LogP contribution >= 0.6 is 11.6 Å². The Balaban J connectivity index is 1.74. The molecule has 0 saturated carbocycles. The minimum absolute atomic E-state index is 0.308. The molecule has 0 aliphatic heterocycles. The van der Waals surface area contributed by atoms with Crippen LogP contribution < -0.4 is 4.74 Å². The molecule has 1 aromatic heterocycles. The molecule has 0 saturated heterocycles. The highest BCUT2D eigenvalue weighted by molar-refractivity contribution is 6.31. The van der Waals surface area contributed by atoms with Crippen molar-refractivity contribution in [2.75, 3.05) is 0 Å².